The lowest BCUT2D eigenvalue weighted by atomic mass is 10.4. The molecule has 9 heteroatoms. The van der Waals surface area contributed by atoms with Gasteiger partial charge in [0.1, 0.15) is 10.3 Å². The Morgan fingerprint density at radius 3 is 2.70 bits per heavy atom. The Kier molecular flexibility index (Phi) is 4.23. The molecule has 0 aliphatic rings. The molecule has 1 unspecified atom stereocenters. The summed E-state index contributed by atoms with van der Waals surface area (Å²) >= 11 is 2.54. The van der Waals surface area contributed by atoms with Crippen molar-refractivity contribution in [3.05, 3.63) is 22.5 Å². The van der Waals surface area contributed by atoms with Gasteiger partial charge in [0.25, 0.3) is 10.0 Å². The quantitative estimate of drug-likeness (QED) is 0.872. The van der Waals surface area contributed by atoms with E-state index in [-0.39, 0.29) is 4.21 Å². The zero-order chi connectivity index (χ0) is 14.9. The van der Waals surface area contributed by atoms with Crippen LogP contribution in [0.4, 0.5) is 0 Å². The predicted octanol–water partition coefficient (Wildman–Crippen LogP) is 1.93. The van der Waals surface area contributed by atoms with Crippen molar-refractivity contribution in [1.29, 1.82) is 0 Å². The standard InChI is InChI=1S/C11H12N2O4S3/c1-6(11(14)15)13-20(16,17)10-4-3-9(19-10)8-5-18-7(2)12-8/h3-6,13H,1-2H3,(H,14,15). The van der Waals surface area contributed by atoms with Crippen molar-refractivity contribution in [3.8, 4) is 10.6 Å². The number of hydrogen-bond donors (Lipinski definition) is 2. The maximum absolute atomic E-state index is 12.0. The van der Waals surface area contributed by atoms with E-state index < -0.39 is 22.0 Å². The first-order chi connectivity index (χ1) is 9.29. The number of carboxylic acids is 1. The molecule has 2 aromatic rings. The Labute approximate surface area is 124 Å². The first-order valence-electron chi connectivity index (χ1n) is 5.57. The SMILES string of the molecule is Cc1nc(-c2ccc(S(=O)(=O)NC(C)C(=O)O)s2)cs1. The van der Waals surface area contributed by atoms with Gasteiger partial charge in [-0.2, -0.15) is 4.72 Å². The minimum atomic E-state index is -3.82. The highest BCUT2D eigenvalue weighted by molar-refractivity contribution is 7.91. The van der Waals surface area contributed by atoms with Gasteiger partial charge < -0.3 is 5.11 Å². The van der Waals surface area contributed by atoms with Crippen LogP contribution in [0.5, 0.6) is 0 Å². The smallest absolute Gasteiger partial charge is 0.321 e. The molecule has 2 aromatic heterocycles. The molecular weight excluding hydrogens is 320 g/mol. The summed E-state index contributed by atoms with van der Waals surface area (Å²) in [5.74, 6) is -1.22. The lowest BCUT2D eigenvalue weighted by Crippen LogP contribution is -2.37. The third kappa shape index (κ3) is 3.23. The molecule has 0 aliphatic heterocycles. The van der Waals surface area contributed by atoms with E-state index in [2.05, 4.69) is 9.71 Å². The van der Waals surface area contributed by atoms with Gasteiger partial charge in [-0.15, -0.1) is 22.7 Å². The zero-order valence-corrected chi connectivity index (χ0v) is 13.1. The van der Waals surface area contributed by atoms with Gasteiger partial charge in [0.15, 0.2) is 0 Å². The van der Waals surface area contributed by atoms with E-state index in [1.807, 2.05) is 12.3 Å². The Bertz CT molecular complexity index is 732. The number of thiazole rings is 1. The number of sulfonamides is 1. The molecule has 0 saturated heterocycles. The highest BCUT2D eigenvalue weighted by atomic mass is 32.2. The van der Waals surface area contributed by atoms with Crippen molar-refractivity contribution < 1.29 is 18.3 Å². The number of aliphatic carboxylic acids is 1. The van der Waals surface area contributed by atoms with Crippen LogP contribution in [0.15, 0.2) is 21.7 Å². The van der Waals surface area contributed by atoms with E-state index in [0.717, 1.165) is 26.9 Å². The number of aromatic nitrogens is 1. The molecule has 0 amide bonds. The molecule has 0 aliphatic carbocycles. The van der Waals surface area contributed by atoms with Crippen LogP contribution in [0.2, 0.25) is 0 Å². The Hall–Kier alpha value is -1.29. The first kappa shape index (κ1) is 15.1. The van der Waals surface area contributed by atoms with Crippen molar-refractivity contribution in [3.63, 3.8) is 0 Å². The van der Waals surface area contributed by atoms with Gasteiger partial charge in [0.2, 0.25) is 0 Å². The molecule has 1 atom stereocenters. The normalized spacial score (nSPS) is 13.3. The summed E-state index contributed by atoms with van der Waals surface area (Å²) < 4.78 is 26.2. The summed E-state index contributed by atoms with van der Waals surface area (Å²) in [5.41, 5.74) is 0.727. The summed E-state index contributed by atoms with van der Waals surface area (Å²) in [4.78, 5) is 15.7. The van der Waals surface area contributed by atoms with Crippen LogP contribution in [0, 0.1) is 6.92 Å². The van der Waals surface area contributed by atoms with Crippen LogP contribution >= 0.6 is 22.7 Å². The number of carbonyl (C=O) groups is 1. The van der Waals surface area contributed by atoms with E-state index in [1.165, 1.54) is 24.3 Å². The molecule has 0 saturated carbocycles. The number of thiophene rings is 1. The summed E-state index contributed by atoms with van der Waals surface area (Å²) in [5, 5.41) is 11.5. The number of rotatable bonds is 5. The van der Waals surface area contributed by atoms with Gasteiger partial charge >= 0.3 is 5.97 Å². The van der Waals surface area contributed by atoms with Gasteiger partial charge in [-0.25, -0.2) is 13.4 Å². The highest BCUT2D eigenvalue weighted by Gasteiger charge is 2.23. The molecular formula is C11H12N2O4S3. The number of aryl methyl sites for hydroxylation is 1. The lowest BCUT2D eigenvalue weighted by molar-refractivity contribution is -0.138. The van der Waals surface area contributed by atoms with E-state index in [9.17, 15) is 13.2 Å². The predicted molar refractivity (Wildman–Crippen MR) is 77.6 cm³/mol. The molecule has 0 fully saturated rings. The van der Waals surface area contributed by atoms with Crippen LogP contribution in [0.25, 0.3) is 10.6 Å². The van der Waals surface area contributed by atoms with Crippen LogP contribution in [-0.2, 0) is 14.8 Å². The molecule has 20 heavy (non-hydrogen) atoms. The van der Waals surface area contributed by atoms with Crippen LogP contribution in [0.1, 0.15) is 11.9 Å². The second-order valence-electron chi connectivity index (χ2n) is 4.05. The van der Waals surface area contributed by atoms with E-state index in [4.69, 9.17) is 5.11 Å². The lowest BCUT2D eigenvalue weighted by Gasteiger charge is -2.08. The molecule has 0 bridgehead atoms. The minimum absolute atomic E-state index is 0.0752. The van der Waals surface area contributed by atoms with E-state index in [0.29, 0.717) is 0 Å². The van der Waals surface area contributed by atoms with Crippen molar-refractivity contribution >= 4 is 38.7 Å². The average molecular weight is 332 g/mol. The molecule has 2 N–H and O–H groups in total. The third-order valence-corrected chi connectivity index (χ3v) is 6.33. The van der Waals surface area contributed by atoms with Crippen molar-refractivity contribution in [2.45, 2.75) is 24.1 Å². The van der Waals surface area contributed by atoms with E-state index in [1.54, 1.807) is 6.07 Å². The molecule has 0 radical (unpaired) electrons. The average Bonchev–Trinajstić information content (AvgIpc) is 2.96. The highest BCUT2D eigenvalue weighted by Crippen LogP contribution is 2.31. The molecule has 0 spiro atoms. The molecule has 2 heterocycles. The Balaban J connectivity index is 2.26. The molecule has 0 aromatic carbocycles. The van der Waals surface area contributed by atoms with Crippen LogP contribution in [-0.4, -0.2) is 30.5 Å². The van der Waals surface area contributed by atoms with Crippen LogP contribution in [0.3, 0.4) is 0 Å². The fraction of sp³-hybridized carbons (Fsp3) is 0.273. The summed E-state index contributed by atoms with van der Waals surface area (Å²) in [6, 6.07) is 1.94. The monoisotopic (exact) mass is 332 g/mol. The van der Waals surface area contributed by atoms with E-state index >= 15 is 0 Å². The number of hydrogen-bond acceptors (Lipinski definition) is 6. The third-order valence-electron chi connectivity index (χ3n) is 2.42. The molecule has 6 nitrogen and oxygen atoms in total. The minimum Gasteiger partial charge on any atom is -0.480 e. The fourth-order valence-corrected chi connectivity index (χ4v) is 4.59. The van der Waals surface area contributed by atoms with Crippen molar-refractivity contribution in [2.24, 2.45) is 0 Å². The Morgan fingerprint density at radius 2 is 2.15 bits per heavy atom. The summed E-state index contributed by atoms with van der Waals surface area (Å²) in [7, 11) is -3.82. The van der Waals surface area contributed by atoms with Gasteiger partial charge in [-0.1, -0.05) is 0 Å². The first-order valence-corrected chi connectivity index (χ1v) is 8.75. The van der Waals surface area contributed by atoms with Gasteiger partial charge in [0.05, 0.1) is 15.6 Å². The van der Waals surface area contributed by atoms with Gasteiger partial charge in [-0.05, 0) is 26.0 Å². The fourth-order valence-electron chi connectivity index (χ4n) is 1.42. The maximum atomic E-state index is 12.0. The number of nitrogens with one attached hydrogen (secondary N) is 1. The largest absolute Gasteiger partial charge is 0.480 e. The molecule has 2 rings (SSSR count). The zero-order valence-electron chi connectivity index (χ0n) is 10.7. The Morgan fingerprint density at radius 1 is 1.45 bits per heavy atom. The second-order valence-corrected chi connectivity index (χ2v) is 8.14. The van der Waals surface area contributed by atoms with Gasteiger partial charge in [-0.3, -0.25) is 4.79 Å². The number of carboxylic acid groups (broad SMARTS) is 1. The van der Waals surface area contributed by atoms with Gasteiger partial charge in [0, 0.05) is 5.38 Å². The van der Waals surface area contributed by atoms with Crippen molar-refractivity contribution in [2.75, 3.05) is 0 Å². The molecule has 108 valence electrons. The second kappa shape index (κ2) is 5.60. The van der Waals surface area contributed by atoms with Crippen LogP contribution < -0.4 is 4.72 Å². The summed E-state index contributed by atoms with van der Waals surface area (Å²) in [6.45, 7) is 3.15. The number of nitrogens with zero attached hydrogens (tertiary/aromatic N) is 1. The summed E-state index contributed by atoms with van der Waals surface area (Å²) in [6.07, 6.45) is 0. The topological polar surface area (TPSA) is 96.4 Å². The van der Waals surface area contributed by atoms with Crippen molar-refractivity contribution in [1.82, 2.24) is 9.71 Å². The maximum Gasteiger partial charge on any atom is 0.321 e.